The van der Waals surface area contributed by atoms with Crippen molar-refractivity contribution in [1.29, 1.82) is 0 Å². The van der Waals surface area contributed by atoms with Crippen LogP contribution in [-0.2, 0) is 6.61 Å². The van der Waals surface area contributed by atoms with Gasteiger partial charge in [0.05, 0.1) is 6.61 Å². The Labute approximate surface area is 173 Å². The van der Waals surface area contributed by atoms with Gasteiger partial charge in [0, 0.05) is 0 Å². The maximum atomic E-state index is 5.91. The van der Waals surface area contributed by atoms with Crippen LogP contribution in [0.4, 0.5) is 0 Å². The van der Waals surface area contributed by atoms with Crippen molar-refractivity contribution in [2.75, 3.05) is 13.2 Å². The molecule has 0 amide bonds. The van der Waals surface area contributed by atoms with Gasteiger partial charge in [0.1, 0.15) is 30.5 Å². The van der Waals surface area contributed by atoms with Gasteiger partial charge in [-0.25, -0.2) is 0 Å². The van der Waals surface area contributed by atoms with Gasteiger partial charge in [0.25, 0.3) is 0 Å². The van der Waals surface area contributed by atoms with Gasteiger partial charge in [-0.05, 0) is 59.5 Å². The topological polar surface area (TPSA) is 27.7 Å². The fraction of sp³-hybridized carbons (Fsp3) is 0.231. The van der Waals surface area contributed by atoms with Gasteiger partial charge in [-0.1, -0.05) is 62.4 Å². The molecular formula is C26H28O3. The molecule has 0 radical (unpaired) electrons. The number of hydrogen-bond donors (Lipinski definition) is 0. The van der Waals surface area contributed by atoms with Crippen molar-refractivity contribution in [3.63, 3.8) is 0 Å². The zero-order valence-electron chi connectivity index (χ0n) is 17.0. The minimum Gasteiger partial charge on any atom is -0.494 e. The smallest absolute Gasteiger partial charge is 0.119 e. The molecule has 0 heterocycles. The van der Waals surface area contributed by atoms with Crippen molar-refractivity contribution in [3.05, 3.63) is 91.0 Å². The molecule has 3 nitrogen and oxygen atoms in total. The lowest BCUT2D eigenvalue weighted by atomic mass is 10.1. The summed E-state index contributed by atoms with van der Waals surface area (Å²) in [4.78, 5) is 0. The predicted octanol–water partition coefficient (Wildman–Crippen LogP) is 6.68. The van der Waals surface area contributed by atoms with Crippen LogP contribution in [0.15, 0.2) is 85.5 Å². The minimum atomic E-state index is 0.514. The molecule has 3 heteroatoms. The first-order valence-electron chi connectivity index (χ1n) is 10.1. The molecule has 0 saturated carbocycles. The molecule has 0 saturated heterocycles. The highest BCUT2D eigenvalue weighted by atomic mass is 16.5. The second-order valence-electron chi connectivity index (χ2n) is 6.78. The number of rotatable bonds is 11. The summed E-state index contributed by atoms with van der Waals surface area (Å²) >= 11 is 0. The molecule has 150 valence electrons. The monoisotopic (exact) mass is 388 g/mol. The third kappa shape index (κ3) is 6.42. The highest BCUT2D eigenvalue weighted by Gasteiger charge is 2.02. The van der Waals surface area contributed by atoms with Gasteiger partial charge >= 0.3 is 0 Å². The van der Waals surface area contributed by atoms with E-state index < -0.39 is 0 Å². The minimum absolute atomic E-state index is 0.514. The molecule has 3 aromatic rings. The molecule has 0 aliphatic carbocycles. The molecule has 3 rings (SSSR count). The summed E-state index contributed by atoms with van der Waals surface area (Å²) in [6, 6.07) is 24.3. The van der Waals surface area contributed by atoms with Crippen molar-refractivity contribution in [3.8, 4) is 28.4 Å². The summed E-state index contributed by atoms with van der Waals surface area (Å²) in [6.07, 6.45) is 3.95. The average Bonchev–Trinajstić information content (AvgIpc) is 2.78. The Balaban J connectivity index is 1.52. The van der Waals surface area contributed by atoms with Crippen LogP contribution in [0.1, 0.15) is 25.3 Å². The number of ether oxygens (including phenoxy) is 3. The summed E-state index contributed by atoms with van der Waals surface area (Å²) < 4.78 is 17.1. The molecule has 0 unspecified atom stereocenters. The number of benzene rings is 3. The van der Waals surface area contributed by atoms with Gasteiger partial charge in [-0.3, -0.25) is 0 Å². The Morgan fingerprint density at radius 2 is 1.21 bits per heavy atom. The Bertz CT molecular complexity index is 865. The molecule has 0 aliphatic rings. The highest BCUT2D eigenvalue weighted by molar-refractivity contribution is 5.64. The Morgan fingerprint density at radius 1 is 0.690 bits per heavy atom. The lowest BCUT2D eigenvalue weighted by Gasteiger charge is -2.09. The van der Waals surface area contributed by atoms with Crippen LogP contribution in [0.3, 0.4) is 0 Å². The third-order valence-corrected chi connectivity index (χ3v) is 4.51. The van der Waals surface area contributed by atoms with Crippen LogP contribution in [0.25, 0.3) is 11.1 Å². The van der Waals surface area contributed by atoms with Crippen LogP contribution in [-0.4, -0.2) is 13.2 Å². The van der Waals surface area contributed by atoms with E-state index in [2.05, 4.69) is 37.8 Å². The Morgan fingerprint density at radius 3 is 1.76 bits per heavy atom. The maximum absolute atomic E-state index is 5.91. The average molecular weight is 389 g/mol. The molecule has 0 aliphatic heterocycles. The van der Waals surface area contributed by atoms with Crippen molar-refractivity contribution >= 4 is 0 Å². The molecule has 0 fully saturated rings. The second-order valence-corrected chi connectivity index (χ2v) is 6.78. The lowest BCUT2D eigenvalue weighted by Crippen LogP contribution is -1.98. The van der Waals surface area contributed by atoms with E-state index in [1.807, 2.05) is 48.5 Å². The largest absolute Gasteiger partial charge is 0.494 e. The van der Waals surface area contributed by atoms with E-state index in [0.717, 1.165) is 53.4 Å². The van der Waals surface area contributed by atoms with Gasteiger partial charge in [0.2, 0.25) is 0 Å². The first kappa shape index (κ1) is 20.5. The van der Waals surface area contributed by atoms with Crippen molar-refractivity contribution in [2.45, 2.75) is 26.4 Å². The van der Waals surface area contributed by atoms with Gasteiger partial charge in [-0.15, -0.1) is 0 Å². The van der Waals surface area contributed by atoms with E-state index in [0.29, 0.717) is 13.2 Å². The van der Waals surface area contributed by atoms with E-state index >= 15 is 0 Å². The van der Waals surface area contributed by atoms with Crippen LogP contribution < -0.4 is 14.2 Å². The molecule has 0 spiro atoms. The van der Waals surface area contributed by atoms with E-state index in [4.69, 9.17) is 14.2 Å². The predicted molar refractivity (Wildman–Crippen MR) is 119 cm³/mol. The molecule has 0 bridgehead atoms. The first-order valence-corrected chi connectivity index (χ1v) is 10.1. The standard InChI is InChI=1S/C26H28O3/c1-3-5-19-28-24-12-6-21(7-13-24)20-29-26-16-10-23(11-17-26)22-8-14-25(15-9-22)27-18-4-2/h4,6-17H,2-3,5,18-20H2,1H3. The van der Waals surface area contributed by atoms with Crippen molar-refractivity contribution < 1.29 is 14.2 Å². The number of hydrogen-bond acceptors (Lipinski definition) is 3. The van der Waals surface area contributed by atoms with Gasteiger partial charge in [0.15, 0.2) is 0 Å². The van der Waals surface area contributed by atoms with E-state index in [1.165, 1.54) is 0 Å². The normalized spacial score (nSPS) is 10.4. The molecule has 0 N–H and O–H groups in total. The van der Waals surface area contributed by atoms with Crippen molar-refractivity contribution in [1.82, 2.24) is 0 Å². The van der Waals surface area contributed by atoms with E-state index in [-0.39, 0.29) is 0 Å². The van der Waals surface area contributed by atoms with Gasteiger partial charge in [-0.2, -0.15) is 0 Å². The summed E-state index contributed by atoms with van der Waals surface area (Å²) in [5, 5.41) is 0. The van der Waals surface area contributed by atoms with E-state index in [1.54, 1.807) is 6.08 Å². The van der Waals surface area contributed by atoms with Crippen LogP contribution in [0, 0.1) is 0 Å². The summed E-state index contributed by atoms with van der Waals surface area (Å²) in [6.45, 7) is 7.63. The van der Waals surface area contributed by atoms with Crippen LogP contribution >= 0.6 is 0 Å². The molecule has 3 aromatic carbocycles. The Kier molecular flexibility index (Phi) is 7.76. The lowest BCUT2D eigenvalue weighted by molar-refractivity contribution is 0.302. The van der Waals surface area contributed by atoms with Crippen LogP contribution in [0.5, 0.6) is 17.2 Å². The SMILES string of the molecule is C=CCOc1ccc(-c2ccc(OCc3ccc(OCCCC)cc3)cc2)cc1. The summed E-state index contributed by atoms with van der Waals surface area (Å²) in [5.41, 5.74) is 3.40. The number of unbranched alkanes of at least 4 members (excludes halogenated alkanes) is 1. The van der Waals surface area contributed by atoms with Gasteiger partial charge < -0.3 is 14.2 Å². The molecular weight excluding hydrogens is 360 g/mol. The van der Waals surface area contributed by atoms with E-state index in [9.17, 15) is 0 Å². The fourth-order valence-corrected chi connectivity index (χ4v) is 2.83. The third-order valence-electron chi connectivity index (χ3n) is 4.51. The van der Waals surface area contributed by atoms with Crippen LogP contribution in [0.2, 0.25) is 0 Å². The van der Waals surface area contributed by atoms with Crippen molar-refractivity contribution in [2.24, 2.45) is 0 Å². The molecule has 0 aromatic heterocycles. The Hall–Kier alpha value is -3.20. The quantitative estimate of drug-likeness (QED) is 0.271. The summed E-state index contributed by atoms with van der Waals surface area (Å²) in [5.74, 6) is 2.60. The zero-order valence-corrected chi connectivity index (χ0v) is 17.0. The maximum Gasteiger partial charge on any atom is 0.119 e. The first-order chi connectivity index (χ1) is 14.3. The zero-order chi connectivity index (χ0) is 20.3. The highest BCUT2D eigenvalue weighted by Crippen LogP contribution is 2.25. The molecule has 0 atom stereocenters. The fourth-order valence-electron chi connectivity index (χ4n) is 2.83. The second kappa shape index (κ2) is 11.0. The summed E-state index contributed by atoms with van der Waals surface area (Å²) in [7, 11) is 0. The molecule has 29 heavy (non-hydrogen) atoms.